The van der Waals surface area contributed by atoms with Crippen LogP contribution in [0.25, 0.3) is 0 Å². The molecule has 2 N–H and O–H groups in total. The summed E-state index contributed by atoms with van der Waals surface area (Å²) < 4.78 is 9.62. The molecular weight excluding hydrogens is 364 g/mol. The van der Waals surface area contributed by atoms with Crippen LogP contribution in [-0.2, 0) is 30.3 Å². The highest BCUT2D eigenvalue weighted by Crippen LogP contribution is 2.16. The van der Waals surface area contributed by atoms with Gasteiger partial charge in [0.25, 0.3) is 5.91 Å². The maximum absolute atomic E-state index is 12.0. The molecule has 0 bridgehead atoms. The van der Waals surface area contributed by atoms with Gasteiger partial charge in [0.05, 0.1) is 24.8 Å². The molecule has 8 heteroatoms. The predicted octanol–water partition coefficient (Wildman–Crippen LogP) is 2.16. The zero-order chi connectivity index (χ0) is 20.5. The number of hydrogen-bond donors (Lipinski definition) is 2. The minimum Gasteiger partial charge on any atom is -0.465 e. The molecule has 0 aliphatic heterocycles. The minimum absolute atomic E-state index is 0.0214. The molecule has 146 valence electrons. The van der Waals surface area contributed by atoms with E-state index in [9.17, 15) is 19.2 Å². The van der Waals surface area contributed by atoms with Crippen molar-refractivity contribution in [3.8, 4) is 0 Å². The number of carbonyl (C=O) groups excluding carboxylic acids is 4. The van der Waals surface area contributed by atoms with Crippen molar-refractivity contribution >= 4 is 35.1 Å². The normalized spacial score (nSPS) is 9.93. The van der Waals surface area contributed by atoms with E-state index < -0.39 is 24.5 Å². The summed E-state index contributed by atoms with van der Waals surface area (Å²) in [6.07, 6.45) is -0.0214. The molecule has 28 heavy (non-hydrogen) atoms. The smallest absolute Gasteiger partial charge is 0.339 e. The first-order valence-corrected chi connectivity index (χ1v) is 8.38. The highest BCUT2D eigenvalue weighted by atomic mass is 16.5. The van der Waals surface area contributed by atoms with Crippen molar-refractivity contribution in [2.24, 2.45) is 0 Å². The van der Waals surface area contributed by atoms with Crippen LogP contribution in [0.1, 0.15) is 22.8 Å². The molecule has 0 spiro atoms. The summed E-state index contributed by atoms with van der Waals surface area (Å²) >= 11 is 0. The molecule has 0 aromatic heterocycles. The minimum atomic E-state index is -0.587. The molecule has 0 saturated heterocycles. The lowest BCUT2D eigenvalue weighted by Crippen LogP contribution is -2.22. The maximum atomic E-state index is 12.0. The van der Waals surface area contributed by atoms with E-state index >= 15 is 0 Å². The second-order valence-electron chi connectivity index (χ2n) is 5.80. The Kier molecular flexibility index (Phi) is 7.27. The van der Waals surface area contributed by atoms with Crippen LogP contribution in [0.4, 0.5) is 11.4 Å². The van der Waals surface area contributed by atoms with Crippen LogP contribution in [0.3, 0.4) is 0 Å². The molecule has 2 aromatic carbocycles. The molecule has 2 rings (SSSR count). The Morgan fingerprint density at radius 1 is 0.929 bits per heavy atom. The van der Waals surface area contributed by atoms with E-state index in [1.54, 1.807) is 42.5 Å². The number of para-hydroxylation sites is 1. The van der Waals surface area contributed by atoms with Crippen LogP contribution in [-0.4, -0.2) is 37.5 Å². The lowest BCUT2D eigenvalue weighted by Gasteiger charge is -2.10. The number of benzene rings is 2. The number of anilines is 2. The van der Waals surface area contributed by atoms with Gasteiger partial charge >= 0.3 is 11.9 Å². The fourth-order valence-corrected chi connectivity index (χ4v) is 2.34. The molecule has 0 saturated carbocycles. The topological polar surface area (TPSA) is 111 Å². The molecule has 8 nitrogen and oxygen atoms in total. The molecular formula is C20H20N2O6. The van der Waals surface area contributed by atoms with Crippen molar-refractivity contribution in [1.29, 1.82) is 0 Å². The molecule has 0 heterocycles. The first-order valence-electron chi connectivity index (χ1n) is 8.38. The van der Waals surface area contributed by atoms with Gasteiger partial charge < -0.3 is 20.1 Å². The highest BCUT2D eigenvalue weighted by molar-refractivity contribution is 6.01. The van der Waals surface area contributed by atoms with E-state index in [1.807, 2.05) is 0 Å². The third-order valence-corrected chi connectivity index (χ3v) is 3.59. The summed E-state index contributed by atoms with van der Waals surface area (Å²) in [7, 11) is 1.24. The standard InChI is InChI=1S/C20H20N2O6/c1-13(23)21-15-9-7-14(8-10-15)11-19(25)28-12-18(24)22-17-6-4-3-5-16(17)20(26)27-2/h3-10H,11-12H2,1-2H3,(H,21,23)(H,22,24). The van der Waals surface area contributed by atoms with E-state index in [0.29, 0.717) is 11.3 Å². The van der Waals surface area contributed by atoms with Gasteiger partial charge in [-0.25, -0.2) is 4.79 Å². The van der Waals surface area contributed by atoms with Gasteiger partial charge in [0, 0.05) is 12.6 Å². The van der Waals surface area contributed by atoms with Crippen molar-refractivity contribution in [1.82, 2.24) is 0 Å². The van der Waals surface area contributed by atoms with Gasteiger partial charge in [0.1, 0.15) is 0 Å². The van der Waals surface area contributed by atoms with Crippen molar-refractivity contribution in [2.45, 2.75) is 13.3 Å². The van der Waals surface area contributed by atoms with Crippen molar-refractivity contribution in [3.63, 3.8) is 0 Å². The molecule has 0 atom stereocenters. The second kappa shape index (κ2) is 9.86. The Hall–Kier alpha value is -3.68. The first kappa shape index (κ1) is 20.6. The summed E-state index contributed by atoms with van der Waals surface area (Å²) in [4.78, 5) is 46.6. The molecule has 0 aliphatic rings. The third kappa shape index (κ3) is 6.24. The number of esters is 2. The average Bonchev–Trinajstić information content (AvgIpc) is 2.67. The number of carbonyl (C=O) groups is 4. The number of hydrogen-bond acceptors (Lipinski definition) is 6. The summed E-state index contributed by atoms with van der Waals surface area (Å²) in [5.74, 6) is -1.93. The van der Waals surface area contributed by atoms with Crippen molar-refractivity contribution < 1.29 is 28.7 Å². The van der Waals surface area contributed by atoms with Crippen LogP contribution in [0.2, 0.25) is 0 Å². The van der Waals surface area contributed by atoms with Gasteiger partial charge in [-0.3, -0.25) is 14.4 Å². The second-order valence-corrected chi connectivity index (χ2v) is 5.80. The van der Waals surface area contributed by atoms with Gasteiger partial charge in [0.2, 0.25) is 5.91 Å². The quantitative estimate of drug-likeness (QED) is 0.708. The molecule has 0 fully saturated rings. The largest absolute Gasteiger partial charge is 0.465 e. The molecule has 2 aromatic rings. The summed E-state index contributed by atoms with van der Waals surface area (Å²) in [5.41, 5.74) is 1.76. The van der Waals surface area contributed by atoms with Crippen LogP contribution in [0, 0.1) is 0 Å². The van der Waals surface area contributed by atoms with E-state index in [4.69, 9.17) is 4.74 Å². The van der Waals surface area contributed by atoms with Gasteiger partial charge in [0.15, 0.2) is 6.61 Å². The zero-order valence-electron chi connectivity index (χ0n) is 15.5. The Balaban J connectivity index is 1.85. The lowest BCUT2D eigenvalue weighted by atomic mass is 10.1. The molecule has 0 aliphatic carbocycles. The number of ether oxygens (including phenoxy) is 2. The molecule has 2 amide bonds. The first-order chi connectivity index (χ1) is 13.4. The number of rotatable bonds is 7. The summed E-state index contributed by atoms with van der Waals surface area (Å²) in [6.45, 7) is 0.915. The monoisotopic (exact) mass is 384 g/mol. The van der Waals surface area contributed by atoms with Crippen molar-refractivity contribution in [3.05, 3.63) is 59.7 Å². The Bertz CT molecular complexity index is 877. The maximum Gasteiger partial charge on any atom is 0.339 e. The summed E-state index contributed by atoms with van der Waals surface area (Å²) in [5, 5.41) is 5.14. The van der Waals surface area contributed by atoms with Crippen LogP contribution < -0.4 is 10.6 Å². The zero-order valence-corrected chi connectivity index (χ0v) is 15.5. The van der Waals surface area contributed by atoms with Gasteiger partial charge in [-0.2, -0.15) is 0 Å². The fourth-order valence-electron chi connectivity index (χ4n) is 2.34. The van der Waals surface area contributed by atoms with E-state index in [-0.39, 0.29) is 23.6 Å². The Labute approximate surface area is 161 Å². The average molecular weight is 384 g/mol. The van der Waals surface area contributed by atoms with Gasteiger partial charge in [-0.1, -0.05) is 24.3 Å². The van der Waals surface area contributed by atoms with E-state index in [0.717, 1.165) is 0 Å². The fraction of sp³-hybridized carbons (Fsp3) is 0.200. The third-order valence-electron chi connectivity index (χ3n) is 3.59. The van der Waals surface area contributed by atoms with Crippen LogP contribution in [0.5, 0.6) is 0 Å². The Morgan fingerprint density at radius 2 is 1.61 bits per heavy atom. The molecule has 0 unspecified atom stereocenters. The molecule has 0 radical (unpaired) electrons. The van der Waals surface area contributed by atoms with Crippen LogP contribution in [0.15, 0.2) is 48.5 Å². The van der Waals surface area contributed by atoms with E-state index in [1.165, 1.54) is 20.1 Å². The van der Waals surface area contributed by atoms with Crippen LogP contribution >= 0.6 is 0 Å². The summed E-state index contributed by atoms with van der Waals surface area (Å²) in [6, 6.07) is 13.0. The predicted molar refractivity (Wildman–Crippen MR) is 102 cm³/mol. The van der Waals surface area contributed by atoms with E-state index in [2.05, 4.69) is 15.4 Å². The number of amides is 2. The number of nitrogens with one attached hydrogen (secondary N) is 2. The van der Waals surface area contributed by atoms with Crippen molar-refractivity contribution in [2.75, 3.05) is 24.4 Å². The SMILES string of the molecule is COC(=O)c1ccccc1NC(=O)COC(=O)Cc1ccc(NC(C)=O)cc1. The van der Waals surface area contributed by atoms with Gasteiger partial charge in [-0.05, 0) is 29.8 Å². The Morgan fingerprint density at radius 3 is 2.25 bits per heavy atom. The van der Waals surface area contributed by atoms with Gasteiger partial charge in [-0.15, -0.1) is 0 Å². The number of methoxy groups -OCH3 is 1. The lowest BCUT2D eigenvalue weighted by molar-refractivity contribution is -0.146. The highest BCUT2D eigenvalue weighted by Gasteiger charge is 2.14.